The maximum absolute atomic E-state index is 12.8. The number of ether oxygens (including phenoxy) is 8. The second kappa shape index (κ2) is 30.6. The highest BCUT2D eigenvalue weighted by Crippen LogP contribution is 2.34. The molecule has 0 spiro atoms. The van der Waals surface area contributed by atoms with Crippen molar-refractivity contribution in [3.05, 3.63) is 145 Å². The average Bonchev–Trinajstić information content (AvgIpc) is 3.42. The van der Waals surface area contributed by atoms with Crippen molar-refractivity contribution < 1.29 is 92.8 Å². The normalized spacial score (nSPS) is 20.7. The largest absolute Gasteiger partial charge is 0.494 e. The average molecular weight is 1060 g/mol. The zero-order valence-corrected chi connectivity index (χ0v) is 42.7. The lowest BCUT2D eigenvalue weighted by molar-refractivity contribution is -0.142. The van der Waals surface area contributed by atoms with Crippen LogP contribution in [-0.4, -0.2) is 155 Å². The first-order valence-electron chi connectivity index (χ1n) is 25.2. The van der Waals surface area contributed by atoms with Crippen LogP contribution in [0.15, 0.2) is 133 Å². The van der Waals surface area contributed by atoms with Gasteiger partial charge in [-0.15, -0.1) is 0 Å². The molecule has 0 radical (unpaired) electrons. The number of aliphatic hydroxyl groups is 7. The summed E-state index contributed by atoms with van der Waals surface area (Å²) in [7, 11) is 0. The molecule has 2 heterocycles. The number of allylic oxidation sites excluding steroid dienone is 2. The van der Waals surface area contributed by atoms with Gasteiger partial charge in [0.15, 0.2) is 0 Å². The first kappa shape index (κ1) is 60.0. The van der Waals surface area contributed by atoms with E-state index in [1.54, 1.807) is 79.8 Å². The highest BCUT2D eigenvalue weighted by Gasteiger charge is 2.33. The third-order valence-corrected chi connectivity index (χ3v) is 12.3. The summed E-state index contributed by atoms with van der Waals surface area (Å²) in [4.78, 5) is 47.7. The maximum Gasteiger partial charge on any atom is 0.339 e. The molecule has 0 aromatic heterocycles. The molecule has 4 aliphatic rings. The fraction of sp³-hybridized carbons (Fsp3) is 0.439. The quantitative estimate of drug-likeness (QED) is 0.0340. The minimum Gasteiger partial charge on any atom is -0.494 e. The summed E-state index contributed by atoms with van der Waals surface area (Å²) in [6, 6.07) is 14.0. The van der Waals surface area contributed by atoms with E-state index >= 15 is 0 Å². The van der Waals surface area contributed by atoms with Crippen molar-refractivity contribution in [3.63, 3.8) is 0 Å². The van der Waals surface area contributed by atoms with Crippen molar-refractivity contribution in [1.82, 2.24) is 0 Å². The molecular formula is C57H70O19. The van der Waals surface area contributed by atoms with E-state index in [1.807, 2.05) is 24.3 Å². The summed E-state index contributed by atoms with van der Waals surface area (Å²) < 4.78 is 43.3. The van der Waals surface area contributed by atoms with Crippen LogP contribution in [-0.2, 0) is 47.6 Å². The van der Waals surface area contributed by atoms with E-state index in [4.69, 9.17) is 43.0 Å². The Bertz CT molecular complexity index is 2450. The third-order valence-electron chi connectivity index (χ3n) is 12.3. The van der Waals surface area contributed by atoms with Gasteiger partial charge in [0.05, 0.1) is 87.4 Å². The van der Waals surface area contributed by atoms with Crippen LogP contribution in [0.2, 0.25) is 0 Å². The van der Waals surface area contributed by atoms with Crippen molar-refractivity contribution in [3.8, 4) is 11.5 Å². The molecule has 10 unspecified atom stereocenters. The van der Waals surface area contributed by atoms with Crippen LogP contribution < -0.4 is 9.47 Å². The molecule has 0 saturated heterocycles. The highest BCUT2D eigenvalue weighted by molar-refractivity contribution is 6.18. The van der Waals surface area contributed by atoms with Gasteiger partial charge in [0.25, 0.3) is 0 Å². The van der Waals surface area contributed by atoms with Gasteiger partial charge < -0.3 is 73.6 Å². The summed E-state index contributed by atoms with van der Waals surface area (Å²) in [5, 5.41) is 68.6. The van der Waals surface area contributed by atoms with Gasteiger partial charge in [-0.25, -0.2) is 19.2 Å². The standard InChI is InChI=1S/C31H40O10.C26H30O9/c1-4-25(32)26(33)11-14-38-22-8-5-20(6-9-22)24-17-21-7-10-23(18-29(21)41-31(24)37)39-15-12-27(34)28(35)13-16-40-30(36)19(2)3;1-2-25(30)34-13-10-23(29)22(28)9-12-32-20-8-5-18-15-21(26(31)35-24(18)16-20)17-3-6-19(7-4-17)33-14-11-27/h5-10,17-18,21,25-29,32-35H,2,4,11-16H2,1,3H3;2-8,15-16,18,22-24,27-29H,1,9-14H2. The van der Waals surface area contributed by atoms with Crippen LogP contribution in [0, 0.1) is 11.8 Å². The number of rotatable bonds is 29. The van der Waals surface area contributed by atoms with Crippen molar-refractivity contribution in [2.75, 3.05) is 46.2 Å². The molecule has 2 aliphatic heterocycles. The van der Waals surface area contributed by atoms with E-state index in [-0.39, 0.29) is 89.3 Å². The molecule has 0 bridgehead atoms. The van der Waals surface area contributed by atoms with Crippen LogP contribution in [0.5, 0.6) is 11.5 Å². The Kier molecular flexibility index (Phi) is 24.2. The first-order valence-corrected chi connectivity index (χ1v) is 25.2. The molecule has 10 atom stereocenters. The van der Waals surface area contributed by atoms with Crippen LogP contribution in [0.25, 0.3) is 11.1 Å². The Labute approximate surface area is 441 Å². The van der Waals surface area contributed by atoms with E-state index in [9.17, 15) is 49.8 Å². The molecule has 0 saturated carbocycles. The van der Waals surface area contributed by atoms with E-state index in [0.717, 1.165) is 6.08 Å². The van der Waals surface area contributed by atoms with Gasteiger partial charge in [0.1, 0.15) is 41.8 Å². The van der Waals surface area contributed by atoms with Gasteiger partial charge >= 0.3 is 23.9 Å². The lowest BCUT2D eigenvalue weighted by Gasteiger charge is -2.29. The molecule has 2 aliphatic carbocycles. The molecular weight excluding hydrogens is 989 g/mol. The summed E-state index contributed by atoms with van der Waals surface area (Å²) >= 11 is 0. The van der Waals surface area contributed by atoms with Gasteiger partial charge in [-0.3, -0.25) is 0 Å². The molecule has 7 N–H and O–H groups in total. The summed E-state index contributed by atoms with van der Waals surface area (Å²) in [5.41, 5.74) is 2.55. The highest BCUT2D eigenvalue weighted by atomic mass is 16.6. The van der Waals surface area contributed by atoms with Gasteiger partial charge in [-0.1, -0.05) is 68.7 Å². The van der Waals surface area contributed by atoms with E-state index in [1.165, 1.54) is 6.92 Å². The topological polar surface area (TPSA) is 284 Å². The smallest absolute Gasteiger partial charge is 0.339 e. The van der Waals surface area contributed by atoms with Crippen molar-refractivity contribution >= 4 is 35.0 Å². The predicted molar refractivity (Wildman–Crippen MR) is 276 cm³/mol. The SMILES string of the molecule is C=C(C)C(=O)OCCC(O)C(O)CCOC1=CC2OC(=O)C(c3ccc(OCCC(O)C(O)CC)cc3)=CC2C=C1.C=CC(=O)OCCC(O)C(O)CCOC1=CC2OC(=O)C(c3ccc(OCCO)cc3)=CC2C=C1. The molecule has 2 aromatic carbocycles. The molecule has 6 rings (SSSR count). The van der Waals surface area contributed by atoms with E-state index in [2.05, 4.69) is 13.2 Å². The predicted octanol–water partition coefficient (Wildman–Crippen LogP) is 4.29. The van der Waals surface area contributed by atoms with Crippen molar-refractivity contribution in [1.29, 1.82) is 0 Å². The number of fused-ring (bicyclic) bond motifs is 2. The summed E-state index contributed by atoms with van der Waals surface area (Å²) in [5.74, 6) is -0.188. The monoisotopic (exact) mass is 1060 g/mol. The van der Waals surface area contributed by atoms with Crippen LogP contribution in [0.3, 0.4) is 0 Å². The fourth-order valence-electron chi connectivity index (χ4n) is 7.82. The lowest BCUT2D eigenvalue weighted by atomic mass is 9.90. The van der Waals surface area contributed by atoms with Gasteiger partial charge in [-0.2, -0.15) is 0 Å². The Hall–Kier alpha value is -6.84. The molecule has 412 valence electrons. The van der Waals surface area contributed by atoms with Gasteiger partial charge in [-0.05, 0) is 73.0 Å². The molecule has 0 amide bonds. The Morgan fingerprint density at radius 1 is 0.579 bits per heavy atom. The maximum atomic E-state index is 12.8. The van der Waals surface area contributed by atoms with Crippen LogP contribution >= 0.6 is 0 Å². The number of carbonyl (C=O) groups is 4. The second-order valence-corrected chi connectivity index (χ2v) is 18.1. The fourth-order valence-corrected chi connectivity index (χ4v) is 7.82. The zero-order valence-electron chi connectivity index (χ0n) is 42.7. The lowest BCUT2D eigenvalue weighted by Crippen LogP contribution is -2.31. The summed E-state index contributed by atoms with van der Waals surface area (Å²) in [6.07, 6.45) is 9.82. The number of aliphatic hydroxyl groups excluding tert-OH is 7. The first-order chi connectivity index (χ1) is 36.5. The van der Waals surface area contributed by atoms with Gasteiger partial charge in [0.2, 0.25) is 0 Å². The zero-order chi connectivity index (χ0) is 55.1. The number of esters is 4. The third kappa shape index (κ3) is 18.8. The van der Waals surface area contributed by atoms with E-state index in [0.29, 0.717) is 58.1 Å². The molecule has 0 fully saturated rings. The van der Waals surface area contributed by atoms with Crippen LogP contribution in [0.1, 0.15) is 63.5 Å². The second-order valence-electron chi connectivity index (χ2n) is 18.1. The van der Waals surface area contributed by atoms with Crippen molar-refractivity contribution in [2.45, 2.75) is 101 Å². The Morgan fingerprint density at radius 3 is 1.38 bits per heavy atom. The van der Waals surface area contributed by atoms with Gasteiger partial charge in [0, 0.05) is 55.6 Å². The van der Waals surface area contributed by atoms with Crippen LogP contribution in [0.4, 0.5) is 0 Å². The Morgan fingerprint density at radius 2 is 0.974 bits per heavy atom. The molecule has 76 heavy (non-hydrogen) atoms. The number of carbonyl (C=O) groups excluding carboxylic acids is 4. The number of hydrogen-bond donors (Lipinski definition) is 7. The Balaban J connectivity index is 0.000000284. The van der Waals surface area contributed by atoms with E-state index < -0.39 is 72.7 Å². The molecule has 19 heteroatoms. The molecule has 2 aromatic rings. The minimum absolute atomic E-state index is 0.0244. The number of hydrogen-bond acceptors (Lipinski definition) is 19. The van der Waals surface area contributed by atoms with Crippen molar-refractivity contribution in [2.24, 2.45) is 11.8 Å². The molecule has 19 nitrogen and oxygen atoms in total. The number of benzene rings is 2. The minimum atomic E-state index is -1.08. The summed E-state index contributed by atoms with van der Waals surface area (Å²) in [6.45, 7) is 10.7.